The van der Waals surface area contributed by atoms with Gasteiger partial charge in [0.05, 0.1) is 23.4 Å². The van der Waals surface area contributed by atoms with E-state index in [0.717, 1.165) is 16.6 Å². The van der Waals surface area contributed by atoms with Crippen molar-refractivity contribution in [2.24, 2.45) is 0 Å². The lowest BCUT2D eigenvalue weighted by atomic mass is 10.0. The zero-order valence-corrected chi connectivity index (χ0v) is 12.9. The van der Waals surface area contributed by atoms with E-state index in [9.17, 15) is 9.90 Å². The number of H-pyrrole nitrogens is 1. The minimum Gasteiger partial charge on any atom is -0.396 e. The first-order valence-electron chi connectivity index (χ1n) is 7.57. The lowest BCUT2D eigenvalue weighted by Crippen LogP contribution is -2.31. The lowest BCUT2D eigenvalue weighted by molar-refractivity contribution is 0.0705. The summed E-state index contributed by atoms with van der Waals surface area (Å²) >= 11 is 0. The van der Waals surface area contributed by atoms with Crippen molar-refractivity contribution in [3.63, 3.8) is 0 Å². The highest BCUT2D eigenvalue weighted by Crippen LogP contribution is 2.25. The average Bonchev–Trinajstić information content (AvgIpc) is 3.07. The molecule has 1 heterocycles. The molecule has 2 N–H and O–H groups in total. The van der Waals surface area contributed by atoms with Crippen LogP contribution in [0.3, 0.4) is 0 Å². The largest absolute Gasteiger partial charge is 0.396 e. The number of hydrogen-bond acceptors (Lipinski definition) is 3. The molecule has 0 fully saturated rings. The van der Waals surface area contributed by atoms with Crippen LogP contribution in [0.4, 0.5) is 0 Å². The molecule has 1 atom stereocenters. The number of imidazole rings is 1. The van der Waals surface area contributed by atoms with E-state index in [1.165, 1.54) is 0 Å². The van der Waals surface area contributed by atoms with Crippen molar-refractivity contribution in [3.8, 4) is 0 Å². The zero-order valence-electron chi connectivity index (χ0n) is 12.9. The van der Waals surface area contributed by atoms with Crippen LogP contribution in [-0.4, -0.2) is 39.5 Å². The average molecular weight is 309 g/mol. The summed E-state index contributed by atoms with van der Waals surface area (Å²) in [5, 5.41) is 9.36. The predicted octanol–water partition coefficient (Wildman–Crippen LogP) is 2.76. The number of nitrogens with one attached hydrogen (secondary N) is 1. The molecular formula is C18H19N3O2. The number of fused-ring (bicyclic) bond motifs is 1. The van der Waals surface area contributed by atoms with Crippen LogP contribution >= 0.6 is 0 Å². The monoisotopic (exact) mass is 309 g/mol. The third kappa shape index (κ3) is 3.10. The van der Waals surface area contributed by atoms with E-state index >= 15 is 0 Å². The molecule has 1 unspecified atom stereocenters. The Morgan fingerprint density at radius 3 is 2.78 bits per heavy atom. The quantitative estimate of drug-likeness (QED) is 0.761. The Bertz CT molecular complexity index is 798. The van der Waals surface area contributed by atoms with E-state index in [1.807, 2.05) is 42.5 Å². The summed E-state index contributed by atoms with van der Waals surface area (Å²) < 4.78 is 0. The van der Waals surface area contributed by atoms with Crippen molar-refractivity contribution in [2.45, 2.75) is 12.5 Å². The molecular weight excluding hydrogens is 290 g/mol. The van der Waals surface area contributed by atoms with Crippen LogP contribution in [0.2, 0.25) is 0 Å². The number of aromatic nitrogens is 2. The molecule has 3 aromatic rings. The number of aliphatic hydroxyl groups excluding tert-OH is 1. The van der Waals surface area contributed by atoms with Crippen LogP contribution in [0.25, 0.3) is 11.0 Å². The molecule has 0 bridgehead atoms. The minimum absolute atomic E-state index is 0.0246. The van der Waals surface area contributed by atoms with E-state index in [0.29, 0.717) is 12.0 Å². The molecule has 118 valence electrons. The molecule has 0 aliphatic carbocycles. The third-order valence-corrected chi connectivity index (χ3v) is 4.04. The number of carbonyl (C=O) groups is 1. The van der Waals surface area contributed by atoms with Gasteiger partial charge in [-0.2, -0.15) is 0 Å². The van der Waals surface area contributed by atoms with Crippen LogP contribution in [0.5, 0.6) is 0 Å². The summed E-state index contributed by atoms with van der Waals surface area (Å²) in [6.45, 7) is 0.0246. The molecule has 1 amide bonds. The van der Waals surface area contributed by atoms with Crippen LogP contribution < -0.4 is 0 Å². The Balaban J connectivity index is 1.89. The molecule has 0 spiro atoms. The lowest BCUT2D eigenvalue weighted by Gasteiger charge is -2.28. The van der Waals surface area contributed by atoms with E-state index in [2.05, 4.69) is 9.97 Å². The van der Waals surface area contributed by atoms with E-state index in [1.54, 1.807) is 24.3 Å². The third-order valence-electron chi connectivity index (χ3n) is 4.04. The number of benzene rings is 2. The minimum atomic E-state index is -0.161. The van der Waals surface area contributed by atoms with Crippen molar-refractivity contribution >= 4 is 16.9 Å². The van der Waals surface area contributed by atoms with Crippen LogP contribution in [-0.2, 0) is 0 Å². The standard InChI is InChI=1S/C18H19N3O2/c1-21(17(9-10-22)13-5-3-2-4-6-13)18(23)14-7-8-15-16(11-14)20-12-19-15/h2-8,11-12,17,22H,9-10H2,1H3,(H,19,20). The highest BCUT2D eigenvalue weighted by atomic mass is 16.3. The number of hydrogen-bond donors (Lipinski definition) is 2. The van der Waals surface area contributed by atoms with E-state index < -0.39 is 0 Å². The van der Waals surface area contributed by atoms with Gasteiger partial charge < -0.3 is 15.0 Å². The van der Waals surface area contributed by atoms with E-state index in [4.69, 9.17) is 0 Å². The van der Waals surface area contributed by atoms with Crippen molar-refractivity contribution in [2.75, 3.05) is 13.7 Å². The van der Waals surface area contributed by atoms with Gasteiger partial charge in [-0.3, -0.25) is 4.79 Å². The Kier molecular flexibility index (Phi) is 4.39. The van der Waals surface area contributed by atoms with Gasteiger partial charge in [0.25, 0.3) is 5.91 Å². The van der Waals surface area contributed by atoms with Gasteiger partial charge in [-0.1, -0.05) is 30.3 Å². The Morgan fingerprint density at radius 1 is 1.26 bits per heavy atom. The SMILES string of the molecule is CN(C(=O)c1ccc2nc[nH]c2c1)C(CCO)c1ccccc1. The molecule has 5 heteroatoms. The Labute approximate surface area is 134 Å². The summed E-state index contributed by atoms with van der Waals surface area (Å²) in [5.74, 6) is -0.0798. The Hall–Kier alpha value is -2.66. The highest BCUT2D eigenvalue weighted by molar-refractivity contribution is 5.97. The number of aromatic amines is 1. The van der Waals surface area contributed by atoms with Crippen molar-refractivity contribution in [1.82, 2.24) is 14.9 Å². The highest BCUT2D eigenvalue weighted by Gasteiger charge is 2.22. The predicted molar refractivity (Wildman–Crippen MR) is 89.1 cm³/mol. The van der Waals surface area contributed by atoms with Gasteiger partial charge in [0.15, 0.2) is 0 Å². The topological polar surface area (TPSA) is 69.2 Å². The normalized spacial score (nSPS) is 12.3. The molecule has 23 heavy (non-hydrogen) atoms. The van der Waals surface area contributed by atoms with Crippen LogP contribution in [0.15, 0.2) is 54.9 Å². The summed E-state index contributed by atoms with van der Waals surface area (Å²) in [7, 11) is 1.77. The maximum Gasteiger partial charge on any atom is 0.254 e. The summed E-state index contributed by atoms with van der Waals surface area (Å²) in [4.78, 5) is 21.7. The number of carbonyl (C=O) groups excluding carboxylic acids is 1. The van der Waals surface area contributed by atoms with Gasteiger partial charge >= 0.3 is 0 Å². The molecule has 0 aliphatic heterocycles. The first kappa shape index (κ1) is 15.2. The second-order valence-electron chi connectivity index (χ2n) is 5.49. The fourth-order valence-electron chi connectivity index (χ4n) is 2.80. The summed E-state index contributed by atoms with van der Waals surface area (Å²) in [6.07, 6.45) is 2.11. The molecule has 0 saturated carbocycles. The van der Waals surface area contributed by atoms with Crippen LogP contribution in [0, 0.1) is 0 Å². The smallest absolute Gasteiger partial charge is 0.254 e. The summed E-state index contributed by atoms with van der Waals surface area (Å²) in [6, 6.07) is 15.0. The Morgan fingerprint density at radius 2 is 2.04 bits per heavy atom. The molecule has 0 saturated heterocycles. The first-order chi connectivity index (χ1) is 11.2. The maximum atomic E-state index is 12.8. The molecule has 3 rings (SSSR count). The van der Waals surface area contributed by atoms with Gasteiger partial charge in [0.2, 0.25) is 0 Å². The first-order valence-corrected chi connectivity index (χ1v) is 7.57. The second-order valence-corrected chi connectivity index (χ2v) is 5.49. The second kappa shape index (κ2) is 6.62. The van der Waals surface area contributed by atoms with E-state index in [-0.39, 0.29) is 18.6 Å². The molecule has 1 aromatic heterocycles. The summed E-state index contributed by atoms with van der Waals surface area (Å²) in [5.41, 5.74) is 3.28. The van der Waals surface area contributed by atoms with Crippen molar-refractivity contribution in [3.05, 3.63) is 66.0 Å². The van der Waals surface area contributed by atoms with Crippen molar-refractivity contribution < 1.29 is 9.90 Å². The molecule has 0 aliphatic rings. The van der Waals surface area contributed by atoms with Gasteiger partial charge in [0.1, 0.15) is 0 Å². The fraction of sp³-hybridized carbons (Fsp3) is 0.222. The number of aliphatic hydroxyl groups is 1. The molecule has 5 nitrogen and oxygen atoms in total. The van der Waals surface area contributed by atoms with Gasteiger partial charge in [0, 0.05) is 19.2 Å². The molecule has 2 aromatic carbocycles. The van der Waals surface area contributed by atoms with Gasteiger partial charge in [-0.25, -0.2) is 4.98 Å². The molecule has 0 radical (unpaired) electrons. The number of rotatable bonds is 5. The van der Waals surface area contributed by atoms with Gasteiger partial charge in [-0.05, 0) is 30.2 Å². The number of nitrogens with zero attached hydrogens (tertiary/aromatic N) is 2. The maximum absolute atomic E-state index is 12.8. The van der Waals surface area contributed by atoms with Gasteiger partial charge in [-0.15, -0.1) is 0 Å². The number of amides is 1. The van der Waals surface area contributed by atoms with Crippen LogP contribution in [0.1, 0.15) is 28.4 Å². The zero-order chi connectivity index (χ0) is 16.2. The fourth-order valence-corrected chi connectivity index (χ4v) is 2.80. The van der Waals surface area contributed by atoms with Crippen molar-refractivity contribution in [1.29, 1.82) is 0 Å².